The van der Waals surface area contributed by atoms with Crippen LogP contribution >= 0.6 is 0 Å². The lowest BCUT2D eigenvalue weighted by molar-refractivity contribution is 0.325. The number of hydrogen-bond acceptors (Lipinski definition) is 2. The van der Waals surface area contributed by atoms with Crippen molar-refractivity contribution >= 4 is 0 Å². The van der Waals surface area contributed by atoms with E-state index >= 15 is 0 Å². The summed E-state index contributed by atoms with van der Waals surface area (Å²) in [6.45, 7) is 5.28. The first kappa shape index (κ1) is 11.0. The fourth-order valence-corrected chi connectivity index (χ4v) is 4.16. The van der Waals surface area contributed by atoms with Gasteiger partial charge in [0.25, 0.3) is 0 Å². The maximum absolute atomic E-state index is 4.64. The van der Waals surface area contributed by atoms with Crippen molar-refractivity contribution in [2.45, 2.75) is 44.2 Å². The Morgan fingerprint density at radius 3 is 3.50 bits per heavy atom. The predicted octanol–water partition coefficient (Wildman–Crippen LogP) is 1.80. The van der Waals surface area contributed by atoms with Gasteiger partial charge < -0.3 is 10.6 Å². The third kappa shape index (κ3) is 1.55. The summed E-state index contributed by atoms with van der Waals surface area (Å²) in [6.07, 6.45) is 7.37. The fourth-order valence-electron chi connectivity index (χ4n) is 4.16. The van der Waals surface area contributed by atoms with Gasteiger partial charge in [-0.15, -0.1) is 13.1 Å². The van der Waals surface area contributed by atoms with Crippen LogP contribution in [0.2, 0.25) is 0 Å². The quantitative estimate of drug-likeness (QED) is 0.820. The van der Waals surface area contributed by atoms with Crippen LogP contribution < -0.4 is 5.32 Å². The van der Waals surface area contributed by atoms with Crippen LogP contribution in [0.25, 0.3) is 5.32 Å². The topological polar surface area (TPSA) is 44.0 Å². The van der Waals surface area contributed by atoms with Crippen molar-refractivity contribution in [3.8, 4) is 0 Å². The molecule has 0 unspecified atom stereocenters. The zero-order chi connectivity index (χ0) is 12.0. The molecule has 2 atom stereocenters. The molecule has 0 aromatic carbocycles. The Balaban J connectivity index is 1.74. The van der Waals surface area contributed by atoms with Crippen molar-refractivity contribution in [1.29, 1.82) is 0 Å². The molecule has 1 aromatic rings. The molecule has 1 saturated heterocycles. The van der Waals surface area contributed by atoms with E-state index in [-0.39, 0.29) is 0 Å². The van der Waals surface area contributed by atoms with Gasteiger partial charge in [-0.25, -0.2) is 0 Å². The number of rotatable bonds is 1. The first-order valence-electron chi connectivity index (χ1n) is 7.27. The van der Waals surface area contributed by atoms with Crippen molar-refractivity contribution in [2.75, 3.05) is 19.6 Å². The van der Waals surface area contributed by atoms with E-state index in [4.69, 9.17) is 0 Å². The molecule has 1 saturated carbocycles. The van der Waals surface area contributed by atoms with Gasteiger partial charge in [0.2, 0.25) is 0 Å². The molecule has 98 valence electrons. The van der Waals surface area contributed by atoms with Gasteiger partial charge in [-0.05, 0) is 37.3 Å². The van der Waals surface area contributed by atoms with Gasteiger partial charge in [0.05, 0.1) is 6.20 Å². The number of aromatic nitrogens is 2. The Morgan fingerprint density at radius 1 is 1.50 bits per heavy atom. The summed E-state index contributed by atoms with van der Waals surface area (Å²) in [4.78, 5) is 0. The summed E-state index contributed by atoms with van der Waals surface area (Å²) < 4.78 is 2.21. The van der Waals surface area contributed by atoms with Crippen LogP contribution in [0.1, 0.15) is 36.9 Å². The second-order valence-electron chi connectivity index (χ2n) is 6.21. The summed E-state index contributed by atoms with van der Waals surface area (Å²) in [5.41, 5.74) is 3.27. The average molecular weight is 245 g/mol. The van der Waals surface area contributed by atoms with E-state index in [0.29, 0.717) is 5.41 Å². The SMILES string of the molecule is c1nn2c(c1[C@@]13CC[C@@H](CNC1)C3)C[N-]CCC2. The molecule has 3 aliphatic rings. The Hall–Kier alpha value is -0.870. The Morgan fingerprint density at radius 2 is 2.50 bits per heavy atom. The molecule has 2 fully saturated rings. The maximum atomic E-state index is 4.64. The van der Waals surface area contributed by atoms with E-state index in [2.05, 4.69) is 26.6 Å². The largest absolute Gasteiger partial charge is 0.657 e. The monoisotopic (exact) mass is 245 g/mol. The van der Waals surface area contributed by atoms with E-state index in [0.717, 1.165) is 38.5 Å². The Kier molecular flexibility index (Phi) is 2.49. The van der Waals surface area contributed by atoms with Crippen molar-refractivity contribution in [1.82, 2.24) is 15.1 Å². The minimum Gasteiger partial charge on any atom is -0.657 e. The molecule has 1 aliphatic carbocycles. The number of nitrogens with one attached hydrogen (secondary N) is 1. The molecule has 1 aromatic heterocycles. The van der Waals surface area contributed by atoms with E-state index in [1.54, 1.807) is 0 Å². The minimum atomic E-state index is 0.371. The van der Waals surface area contributed by atoms with Gasteiger partial charge in [-0.1, -0.05) is 6.42 Å². The molecule has 0 spiro atoms. The highest BCUT2D eigenvalue weighted by atomic mass is 15.3. The molecule has 0 amide bonds. The zero-order valence-electron chi connectivity index (χ0n) is 10.9. The average Bonchev–Trinajstić information content (AvgIpc) is 2.84. The standard InChI is InChI=1S/C14H21N4/c1-4-15-9-13-12(8-17-18(13)5-1)14-3-2-11(6-14)7-16-10-14/h8,11,16H,1-7,9-10H2/q-1/t11-,14-/m1/s1. The van der Waals surface area contributed by atoms with E-state index in [1.165, 1.54) is 37.1 Å². The van der Waals surface area contributed by atoms with Crippen LogP contribution in [0, 0.1) is 5.92 Å². The van der Waals surface area contributed by atoms with Crippen LogP contribution in [-0.2, 0) is 18.5 Å². The lowest BCUT2D eigenvalue weighted by atomic mass is 9.76. The van der Waals surface area contributed by atoms with Gasteiger partial charge in [0, 0.05) is 24.2 Å². The minimum absolute atomic E-state index is 0.371. The highest BCUT2D eigenvalue weighted by Gasteiger charge is 2.44. The molecule has 1 N–H and O–H groups in total. The maximum Gasteiger partial charge on any atom is 0.0530 e. The second-order valence-corrected chi connectivity index (χ2v) is 6.21. The molecule has 2 bridgehead atoms. The number of nitrogens with zero attached hydrogens (tertiary/aromatic N) is 3. The summed E-state index contributed by atoms with van der Waals surface area (Å²) in [7, 11) is 0. The van der Waals surface area contributed by atoms with Gasteiger partial charge in [0.1, 0.15) is 0 Å². The van der Waals surface area contributed by atoms with Gasteiger partial charge in [-0.3, -0.25) is 4.68 Å². The van der Waals surface area contributed by atoms with Crippen LogP contribution in [0.4, 0.5) is 0 Å². The third-order valence-electron chi connectivity index (χ3n) is 5.07. The van der Waals surface area contributed by atoms with Crippen molar-refractivity contribution in [3.05, 3.63) is 22.8 Å². The van der Waals surface area contributed by atoms with E-state index in [1.807, 2.05) is 0 Å². The highest BCUT2D eigenvalue weighted by molar-refractivity contribution is 5.33. The Labute approximate surface area is 108 Å². The van der Waals surface area contributed by atoms with Crippen LogP contribution in [0.5, 0.6) is 0 Å². The molecule has 4 rings (SSSR count). The number of fused-ring (bicyclic) bond motifs is 3. The molecule has 3 heterocycles. The summed E-state index contributed by atoms with van der Waals surface area (Å²) in [6, 6.07) is 0. The van der Waals surface area contributed by atoms with Crippen LogP contribution in [0.3, 0.4) is 0 Å². The van der Waals surface area contributed by atoms with Crippen molar-refractivity contribution in [3.63, 3.8) is 0 Å². The molecule has 0 radical (unpaired) electrons. The highest BCUT2D eigenvalue weighted by Crippen LogP contribution is 2.47. The summed E-state index contributed by atoms with van der Waals surface area (Å²) in [5, 5.41) is 12.9. The third-order valence-corrected chi connectivity index (χ3v) is 5.07. The summed E-state index contributed by atoms with van der Waals surface area (Å²) in [5.74, 6) is 0.886. The molecule has 4 nitrogen and oxygen atoms in total. The molecular formula is C14H21N4-. The molecular weight excluding hydrogens is 224 g/mol. The summed E-state index contributed by atoms with van der Waals surface area (Å²) >= 11 is 0. The van der Waals surface area contributed by atoms with E-state index in [9.17, 15) is 0 Å². The lowest BCUT2D eigenvalue weighted by Gasteiger charge is -2.35. The Bertz CT molecular complexity index is 449. The van der Waals surface area contributed by atoms with Gasteiger partial charge >= 0.3 is 0 Å². The zero-order valence-corrected chi connectivity index (χ0v) is 10.9. The molecule has 4 heteroatoms. The van der Waals surface area contributed by atoms with Crippen molar-refractivity contribution in [2.24, 2.45) is 5.92 Å². The number of hydrogen-bond donors (Lipinski definition) is 1. The van der Waals surface area contributed by atoms with Crippen LogP contribution in [0.15, 0.2) is 6.20 Å². The number of piperidine rings is 1. The smallest absolute Gasteiger partial charge is 0.0530 e. The fraction of sp³-hybridized carbons (Fsp3) is 0.786. The molecule has 18 heavy (non-hydrogen) atoms. The first-order chi connectivity index (χ1) is 8.87. The normalized spacial score (nSPS) is 35.2. The first-order valence-corrected chi connectivity index (χ1v) is 7.27. The van der Waals surface area contributed by atoms with Gasteiger partial charge in [-0.2, -0.15) is 5.10 Å². The lowest BCUT2D eigenvalue weighted by Crippen LogP contribution is -2.42. The van der Waals surface area contributed by atoms with Gasteiger partial charge in [0.15, 0.2) is 0 Å². The van der Waals surface area contributed by atoms with E-state index < -0.39 is 0 Å². The second kappa shape index (κ2) is 4.07. The predicted molar refractivity (Wildman–Crippen MR) is 70.7 cm³/mol. The number of aryl methyl sites for hydroxylation is 1. The molecule has 2 aliphatic heterocycles. The van der Waals surface area contributed by atoms with Crippen LogP contribution in [-0.4, -0.2) is 29.4 Å². The van der Waals surface area contributed by atoms with Crippen molar-refractivity contribution < 1.29 is 0 Å².